The van der Waals surface area contributed by atoms with E-state index in [2.05, 4.69) is 14.9 Å². The molecule has 5 nitrogen and oxygen atoms in total. The van der Waals surface area contributed by atoms with E-state index in [9.17, 15) is 4.79 Å². The molecule has 0 atom stereocenters. The Kier molecular flexibility index (Phi) is 6.07. The van der Waals surface area contributed by atoms with Gasteiger partial charge in [0.1, 0.15) is 5.58 Å². The number of benzene rings is 1. The number of aryl methyl sites for hydroxylation is 1. The quantitative estimate of drug-likeness (QED) is 0.455. The molecule has 0 aliphatic heterocycles. The Hall–Kier alpha value is -3.31. The van der Waals surface area contributed by atoms with Crippen LogP contribution in [0.25, 0.3) is 11.0 Å². The summed E-state index contributed by atoms with van der Waals surface area (Å²) in [6.45, 7) is 2.17. The molecule has 29 heavy (non-hydrogen) atoms. The van der Waals surface area contributed by atoms with Crippen LogP contribution in [-0.4, -0.2) is 21.4 Å². The van der Waals surface area contributed by atoms with Gasteiger partial charge in [0.2, 0.25) is 0 Å². The highest BCUT2D eigenvalue weighted by Gasteiger charge is 2.12. The molecule has 4 rings (SSSR count). The number of rotatable bonds is 8. The van der Waals surface area contributed by atoms with E-state index in [0.29, 0.717) is 23.1 Å². The lowest BCUT2D eigenvalue weighted by Crippen LogP contribution is -2.27. The second-order valence-corrected chi connectivity index (χ2v) is 7.11. The molecule has 0 spiro atoms. The summed E-state index contributed by atoms with van der Waals surface area (Å²) in [5.41, 5.74) is 3.80. The maximum atomic E-state index is 12.9. The van der Waals surface area contributed by atoms with Gasteiger partial charge < -0.3 is 4.42 Å². The number of pyridine rings is 2. The molecule has 0 radical (unpaired) electrons. The maximum absolute atomic E-state index is 12.9. The smallest absolute Gasteiger partial charge is 0.197 e. The Morgan fingerprint density at radius 1 is 0.828 bits per heavy atom. The Labute approximate surface area is 169 Å². The number of hydrogen-bond acceptors (Lipinski definition) is 5. The van der Waals surface area contributed by atoms with E-state index in [1.54, 1.807) is 18.7 Å². The third-order valence-electron chi connectivity index (χ3n) is 4.99. The average molecular weight is 385 g/mol. The topological polar surface area (TPSA) is 59.2 Å². The SMILES string of the molecule is O=c1c(CN(CCCc2ccncc2)Cc2ccncc2)coc2ccccc12. The molecule has 0 N–H and O–H groups in total. The average Bonchev–Trinajstić information content (AvgIpc) is 2.77. The molecule has 3 aromatic heterocycles. The minimum absolute atomic E-state index is 0.0423. The van der Waals surface area contributed by atoms with Gasteiger partial charge in [0.25, 0.3) is 0 Å². The van der Waals surface area contributed by atoms with Gasteiger partial charge in [-0.2, -0.15) is 0 Å². The number of hydrogen-bond donors (Lipinski definition) is 0. The van der Waals surface area contributed by atoms with Gasteiger partial charge in [-0.3, -0.25) is 19.7 Å². The van der Waals surface area contributed by atoms with Gasteiger partial charge in [0, 0.05) is 43.4 Å². The molecule has 0 aliphatic rings. The maximum Gasteiger partial charge on any atom is 0.197 e. The van der Waals surface area contributed by atoms with E-state index < -0.39 is 0 Å². The van der Waals surface area contributed by atoms with Crippen molar-refractivity contribution in [3.8, 4) is 0 Å². The molecule has 0 aliphatic carbocycles. The van der Waals surface area contributed by atoms with E-state index in [0.717, 1.165) is 25.9 Å². The first-order chi connectivity index (χ1) is 14.3. The van der Waals surface area contributed by atoms with Crippen LogP contribution in [0.1, 0.15) is 23.1 Å². The summed E-state index contributed by atoms with van der Waals surface area (Å²) >= 11 is 0. The Morgan fingerprint density at radius 2 is 1.52 bits per heavy atom. The second kappa shape index (κ2) is 9.26. The number of nitrogens with zero attached hydrogens (tertiary/aromatic N) is 3. The predicted octanol–water partition coefficient (Wildman–Crippen LogP) is 4.22. The van der Waals surface area contributed by atoms with Gasteiger partial charge >= 0.3 is 0 Å². The van der Waals surface area contributed by atoms with Gasteiger partial charge in [-0.15, -0.1) is 0 Å². The number of aromatic nitrogens is 2. The van der Waals surface area contributed by atoms with Crippen LogP contribution in [-0.2, 0) is 19.5 Å². The van der Waals surface area contributed by atoms with Crippen LogP contribution in [0.15, 0.2) is 88.8 Å². The van der Waals surface area contributed by atoms with E-state index in [1.165, 1.54) is 11.1 Å². The second-order valence-electron chi connectivity index (χ2n) is 7.11. The van der Waals surface area contributed by atoms with Crippen LogP contribution in [0.3, 0.4) is 0 Å². The van der Waals surface area contributed by atoms with Gasteiger partial charge in [-0.05, 0) is 66.9 Å². The van der Waals surface area contributed by atoms with Crippen LogP contribution in [0.5, 0.6) is 0 Å². The summed E-state index contributed by atoms with van der Waals surface area (Å²) in [4.78, 5) is 23.4. The number of fused-ring (bicyclic) bond motifs is 1. The molecule has 4 aromatic rings. The van der Waals surface area contributed by atoms with Crippen molar-refractivity contribution in [2.75, 3.05) is 6.54 Å². The molecule has 0 saturated carbocycles. The summed E-state index contributed by atoms with van der Waals surface area (Å²) < 4.78 is 5.70. The number of para-hydroxylation sites is 1. The van der Waals surface area contributed by atoms with Crippen molar-refractivity contribution in [2.45, 2.75) is 25.9 Å². The molecule has 0 bridgehead atoms. The van der Waals surface area contributed by atoms with E-state index in [4.69, 9.17) is 4.42 Å². The molecule has 146 valence electrons. The first-order valence-electron chi connectivity index (χ1n) is 9.79. The minimum atomic E-state index is 0.0423. The Balaban J connectivity index is 1.51. The van der Waals surface area contributed by atoms with Crippen LogP contribution < -0.4 is 5.43 Å². The van der Waals surface area contributed by atoms with E-state index in [-0.39, 0.29) is 5.43 Å². The van der Waals surface area contributed by atoms with Crippen molar-refractivity contribution in [1.29, 1.82) is 0 Å². The normalized spacial score (nSPS) is 11.2. The van der Waals surface area contributed by atoms with Crippen LogP contribution >= 0.6 is 0 Å². The lowest BCUT2D eigenvalue weighted by molar-refractivity contribution is 0.251. The van der Waals surface area contributed by atoms with Crippen molar-refractivity contribution in [3.05, 3.63) is 106 Å². The van der Waals surface area contributed by atoms with Crippen LogP contribution in [0, 0.1) is 0 Å². The molecule has 0 unspecified atom stereocenters. The molecular formula is C24H23N3O2. The highest BCUT2D eigenvalue weighted by atomic mass is 16.3. The molecule has 0 fully saturated rings. The third-order valence-corrected chi connectivity index (χ3v) is 4.99. The van der Waals surface area contributed by atoms with Crippen molar-refractivity contribution >= 4 is 11.0 Å². The molecule has 0 saturated heterocycles. The van der Waals surface area contributed by atoms with Crippen molar-refractivity contribution in [3.63, 3.8) is 0 Å². The fourth-order valence-electron chi connectivity index (χ4n) is 3.48. The molecule has 1 aromatic carbocycles. The Bertz CT molecular complexity index is 1110. The summed E-state index contributed by atoms with van der Waals surface area (Å²) in [6, 6.07) is 15.5. The molecule has 5 heteroatoms. The minimum Gasteiger partial charge on any atom is -0.464 e. The molecular weight excluding hydrogens is 362 g/mol. The fourth-order valence-corrected chi connectivity index (χ4v) is 3.48. The molecule has 3 heterocycles. The van der Waals surface area contributed by atoms with Crippen LogP contribution in [0.2, 0.25) is 0 Å². The van der Waals surface area contributed by atoms with Crippen LogP contribution in [0.4, 0.5) is 0 Å². The lowest BCUT2D eigenvalue weighted by Gasteiger charge is -2.22. The summed E-state index contributed by atoms with van der Waals surface area (Å²) in [5.74, 6) is 0. The zero-order valence-electron chi connectivity index (χ0n) is 16.2. The fraction of sp³-hybridized carbons (Fsp3) is 0.208. The highest BCUT2D eigenvalue weighted by molar-refractivity contribution is 5.76. The van der Waals surface area contributed by atoms with Crippen molar-refractivity contribution < 1.29 is 4.42 Å². The van der Waals surface area contributed by atoms with E-state index >= 15 is 0 Å². The first kappa shape index (κ1) is 19.0. The van der Waals surface area contributed by atoms with Crippen molar-refractivity contribution in [2.24, 2.45) is 0 Å². The lowest BCUT2D eigenvalue weighted by atomic mass is 10.1. The Morgan fingerprint density at radius 3 is 2.28 bits per heavy atom. The van der Waals surface area contributed by atoms with Gasteiger partial charge in [-0.1, -0.05) is 12.1 Å². The molecule has 0 amide bonds. The monoisotopic (exact) mass is 385 g/mol. The van der Waals surface area contributed by atoms with E-state index in [1.807, 2.05) is 60.9 Å². The summed E-state index contributed by atoms with van der Waals surface area (Å²) in [7, 11) is 0. The van der Waals surface area contributed by atoms with Crippen molar-refractivity contribution in [1.82, 2.24) is 14.9 Å². The summed E-state index contributed by atoms with van der Waals surface area (Å²) in [5, 5.41) is 0.630. The third kappa shape index (κ3) is 4.95. The largest absolute Gasteiger partial charge is 0.464 e. The first-order valence-corrected chi connectivity index (χ1v) is 9.79. The van der Waals surface area contributed by atoms with Gasteiger partial charge in [0.05, 0.1) is 11.6 Å². The van der Waals surface area contributed by atoms with Gasteiger partial charge in [-0.25, -0.2) is 0 Å². The zero-order chi connectivity index (χ0) is 19.9. The van der Waals surface area contributed by atoms with Gasteiger partial charge in [0.15, 0.2) is 5.43 Å². The zero-order valence-corrected chi connectivity index (χ0v) is 16.2. The summed E-state index contributed by atoms with van der Waals surface area (Å²) in [6.07, 6.45) is 10.8. The highest BCUT2D eigenvalue weighted by Crippen LogP contribution is 2.14. The predicted molar refractivity (Wildman–Crippen MR) is 113 cm³/mol. The standard InChI is InChI=1S/C24H23N3O2/c28-24-21(18-29-23-6-2-1-5-22(23)24)17-27(16-20-9-13-26-14-10-20)15-3-4-19-7-11-25-12-8-19/h1-2,5-14,18H,3-4,15-17H2.